The standard InChI is InChI=1S/C21H23N3O4/c1-14-11-18-19(28-10-9-27-18)12-17(14)23-21(26)22-13-15-4-6-16(7-5-15)24-8-2-3-20(24)25/h4-7,11-12H,2-3,8-10,13H2,1H3,(H2,22,23,26). The molecule has 0 radical (unpaired) electrons. The first-order valence-corrected chi connectivity index (χ1v) is 9.44. The third-order valence-corrected chi connectivity index (χ3v) is 4.91. The Morgan fingerprint density at radius 1 is 1.11 bits per heavy atom. The van der Waals surface area contributed by atoms with Crippen molar-refractivity contribution in [3.63, 3.8) is 0 Å². The summed E-state index contributed by atoms with van der Waals surface area (Å²) in [5.41, 5.74) is 3.45. The van der Waals surface area contributed by atoms with Crippen LogP contribution in [0.4, 0.5) is 16.2 Å². The van der Waals surface area contributed by atoms with Gasteiger partial charge in [-0.3, -0.25) is 4.79 Å². The molecular weight excluding hydrogens is 358 g/mol. The molecule has 3 amide bonds. The van der Waals surface area contributed by atoms with Crippen LogP contribution < -0.4 is 25.0 Å². The minimum absolute atomic E-state index is 0.167. The second kappa shape index (κ2) is 7.80. The van der Waals surface area contributed by atoms with Crippen molar-refractivity contribution in [2.24, 2.45) is 0 Å². The van der Waals surface area contributed by atoms with Gasteiger partial charge >= 0.3 is 6.03 Å². The summed E-state index contributed by atoms with van der Waals surface area (Å²) in [4.78, 5) is 25.9. The molecule has 146 valence electrons. The van der Waals surface area contributed by atoms with E-state index in [1.165, 1.54) is 0 Å². The lowest BCUT2D eigenvalue weighted by Gasteiger charge is -2.20. The van der Waals surface area contributed by atoms with Crippen molar-refractivity contribution < 1.29 is 19.1 Å². The van der Waals surface area contributed by atoms with E-state index < -0.39 is 0 Å². The van der Waals surface area contributed by atoms with Gasteiger partial charge in [0.05, 0.1) is 0 Å². The number of aryl methyl sites for hydroxylation is 1. The zero-order valence-electron chi connectivity index (χ0n) is 15.8. The van der Waals surface area contributed by atoms with Crippen molar-refractivity contribution in [2.75, 3.05) is 30.0 Å². The van der Waals surface area contributed by atoms with Crippen molar-refractivity contribution in [1.82, 2.24) is 5.32 Å². The van der Waals surface area contributed by atoms with E-state index >= 15 is 0 Å². The highest BCUT2D eigenvalue weighted by atomic mass is 16.6. The van der Waals surface area contributed by atoms with E-state index in [2.05, 4.69) is 10.6 Å². The van der Waals surface area contributed by atoms with Gasteiger partial charge in [0, 0.05) is 37.0 Å². The number of fused-ring (bicyclic) bond motifs is 1. The average Bonchev–Trinajstić information content (AvgIpc) is 3.13. The van der Waals surface area contributed by atoms with E-state index in [4.69, 9.17) is 9.47 Å². The van der Waals surface area contributed by atoms with Gasteiger partial charge in [-0.25, -0.2) is 4.79 Å². The van der Waals surface area contributed by atoms with Crippen LogP contribution in [0.1, 0.15) is 24.0 Å². The number of ether oxygens (including phenoxy) is 2. The summed E-state index contributed by atoms with van der Waals surface area (Å²) >= 11 is 0. The minimum atomic E-state index is -0.293. The van der Waals surface area contributed by atoms with Crippen LogP contribution in [0.5, 0.6) is 11.5 Å². The van der Waals surface area contributed by atoms with Crippen LogP contribution in [0.25, 0.3) is 0 Å². The Morgan fingerprint density at radius 2 is 1.82 bits per heavy atom. The molecule has 2 aromatic rings. The molecule has 0 aromatic heterocycles. The van der Waals surface area contributed by atoms with Gasteiger partial charge in [0.25, 0.3) is 0 Å². The summed E-state index contributed by atoms with van der Waals surface area (Å²) in [6, 6.07) is 11.0. The summed E-state index contributed by atoms with van der Waals surface area (Å²) in [5, 5.41) is 5.70. The molecular formula is C21H23N3O4. The summed E-state index contributed by atoms with van der Waals surface area (Å²) in [6.45, 7) is 4.11. The van der Waals surface area contributed by atoms with Gasteiger partial charge in [0.15, 0.2) is 11.5 Å². The maximum Gasteiger partial charge on any atom is 0.319 e. The molecule has 7 heteroatoms. The molecule has 7 nitrogen and oxygen atoms in total. The maximum atomic E-state index is 12.3. The zero-order valence-corrected chi connectivity index (χ0v) is 15.8. The fraction of sp³-hybridized carbons (Fsp3) is 0.333. The van der Waals surface area contributed by atoms with Gasteiger partial charge in [-0.2, -0.15) is 0 Å². The highest BCUT2D eigenvalue weighted by Crippen LogP contribution is 2.35. The molecule has 2 aliphatic heterocycles. The van der Waals surface area contributed by atoms with E-state index in [-0.39, 0.29) is 11.9 Å². The molecule has 0 bridgehead atoms. The molecule has 4 rings (SSSR count). The van der Waals surface area contributed by atoms with E-state index in [1.54, 1.807) is 11.0 Å². The van der Waals surface area contributed by atoms with Gasteiger partial charge in [0.2, 0.25) is 5.91 Å². The van der Waals surface area contributed by atoms with Crippen molar-refractivity contribution in [3.8, 4) is 11.5 Å². The van der Waals surface area contributed by atoms with E-state index in [0.29, 0.717) is 43.4 Å². The molecule has 1 saturated heterocycles. The summed E-state index contributed by atoms with van der Waals surface area (Å²) in [6.07, 6.45) is 1.52. The van der Waals surface area contributed by atoms with Crippen LogP contribution in [-0.4, -0.2) is 31.7 Å². The third-order valence-electron chi connectivity index (χ3n) is 4.91. The minimum Gasteiger partial charge on any atom is -0.486 e. The van der Waals surface area contributed by atoms with Gasteiger partial charge in [-0.15, -0.1) is 0 Å². The van der Waals surface area contributed by atoms with Crippen molar-refractivity contribution in [3.05, 3.63) is 47.5 Å². The number of amides is 3. The first-order valence-electron chi connectivity index (χ1n) is 9.44. The number of nitrogens with zero attached hydrogens (tertiary/aromatic N) is 1. The van der Waals surface area contributed by atoms with Crippen LogP contribution in [0.3, 0.4) is 0 Å². The van der Waals surface area contributed by atoms with Crippen LogP contribution in [-0.2, 0) is 11.3 Å². The molecule has 2 N–H and O–H groups in total. The second-order valence-electron chi connectivity index (χ2n) is 6.93. The highest BCUT2D eigenvalue weighted by molar-refractivity contribution is 5.95. The molecule has 0 spiro atoms. The number of carbonyl (C=O) groups excluding carboxylic acids is 2. The number of benzene rings is 2. The van der Waals surface area contributed by atoms with Gasteiger partial charge in [-0.05, 0) is 42.7 Å². The first-order chi connectivity index (χ1) is 13.6. The predicted molar refractivity (Wildman–Crippen MR) is 106 cm³/mol. The Morgan fingerprint density at radius 3 is 2.50 bits per heavy atom. The molecule has 1 fully saturated rings. The lowest BCUT2D eigenvalue weighted by molar-refractivity contribution is -0.117. The lowest BCUT2D eigenvalue weighted by atomic mass is 10.1. The topological polar surface area (TPSA) is 79.9 Å². The molecule has 0 atom stereocenters. The van der Waals surface area contributed by atoms with E-state index in [0.717, 1.165) is 29.8 Å². The van der Waals surface area contributed by atoms with Crippen molar-refractivity contribution in [2.45, 2.75) is 26.3 Å². The Hall–Kier alpha value is -3.22. The van der Waals surface area contributed by atoms with Crippen LogP contribution in [0, 0.1) is 6.92 Å². The normalized spacial score (nSPS) is 15.5. The zero-order chi connectivity index (χ0) is 19.5. The number of nitrogens with one attached hydrogen (secondary N) is 2. The summed E-state index contributed by atoms with van der Waals surface area (Å²) in [5.74, 6) is 1.51. The fourth-order valence-electron chi connectivity index (χ4n) is 3.39. The molecule has 2 aliphatic rings. The Labute approximate surface area is 163 Å². The van der Waals surface area contributed by atoms with Crippen LogP contribution >= 0.6 is 0 Å². The molecule has 0 aliphatic carbocycles. The summed E-state index contributed by atoms with van der Waals surface area (Å²) < 4.78 is 11.1. The predicted octanol–water partition coefficient (Wildman–Crippen LogP) is 3.21. The van der Waals surface area contributed by atoms with Gasteiger partial charge in [0.1, 0.15) is 13.2 Å². The number of carbonyl (C=O) groups is 2. The molecule has 0 saturated carbocycles. The summed E-state index contributed by atoms with van der Waals surface area (Å²) in [7, 11) is 0. The third kappa shape index (κ3) is 3.88. The molecule has 28 heavy (non-hydrogen) atoms. The Bertz CT molecular complexity index is 895. The number of rotatable bonds is 4. The number of anilines is 2. The Balaban J connectivity index is 1.34. The van der Waals surface area contributed by atoms with Gasteiger partial charge in [-0.1, -0.05) is 12.1 Å². The Kier molecular flexibility index (Phi) is 5.06. The maximum absolute atomic E-state index is 12.3. The van der Waals surface area contributed by atoms with Crippen molar-refractivity contribution >= 4 is 23.3 Å². The second-order valence-corrected chi connectivity index (χ2v) is 6.93. The largest absolute Gasteiger partial charge is 0.486 e. The van der Waals surface area contributed by atoms with Gasteiger partial charge < -0.3 is 25.0 Å². The lowest BCUT2D eigenvalue weighted by Crippen LogP contribution is -2.28. The van der Waals surface area contributed by atoms with Crippen LogP contribution in [0.15, 0.2) is 36.4 Å². The number of hydrogen-bond donors (Lipinski definition) is 2. The number of urea groups is 1. The SMILES string of the molecule is Cc1cc2c(cc1NC(=O)NCc1ccc(N3CCCC3=O)cc1)OCCO2. The first kappa shape index (κ1) is 18.2. The van der Waals surface area contributed by atoms with Crippen LogP contribution in [0.2, 0.25) is 0 Å². The molecule has 2 heterocycles. The molecule has 2 aromatic carbocycles. The monoisotopic (exact) mass is 381 g/mol. The molecule has 0 unspecified atom stereocenters. The van der Waals surface area contributed by atoms with Crippen molar-refractivity contribution in [1.29, 1.82) is 0 Å². The fourth-order valence-corrected chi connectivity index (χ4v) is 3.39. The highest BCUT2D eigenvalue weighted by Gasteiger charge is 2.21. The number of hydrogen-bond acceptors (Lipinski definition) is 4. The quantitative estimate of drug-likeness (QED) is 0.852. The van der Waals surface area contributed by atoms with E-state index in [1.807, 2.05) is 37.3 Å². The smallest absolute Gasteiger partial charge is 0.319 e. The van der Waals surface area contributed by atoms with E-state index in [9.17, 15) is 9.59 Å². The average molecular weight is 381 g/mol.